The summed E-state index contributed by atoms with van der Waals surface area (Å²) in [5, 5.41) is 8.44. The number of aliphatic carboxylic acids is 1. The zero-order valence-corrected chi connectivity index (χ0v) is 7.59. The first-order chi connectivity index (χ1) is 5.79. The molecule has 0 saturated heterocycles. The summed E-state index contributed by atoms with van der Waals surface area (Å²) in [6.07, 6.45) is 9.13. The van der Waals surface area contributed by atoms with E-state index >= 15 is 0 Å². The summed E-state index contributed by atoms with van der Waals surface area (Å²) in [5.74, 6) is 0.184. The van der Waals surface area contributed by atoms with E-state index in [-0.39, 0.29) is 58.2 Å². The molecule has 13 heavy (non-hydrogen) atoms. The third-order valence-electron chi connectivity index (χ3n) is 2.73. The van der Waals surface area contributed by atoms with Crippen molar-refractivity contribution in [2.45, 2.75) is 51.4 Å². The summed E-state index contributed by atoms with van der Waals surface area (Å²) in [5.41, 5.74) is 0. The fourth-order valence-electron chi connectivity index (χ4n) is 2.02. The van der Waals surface area contributed by atoms with Gasteiger partial charge in [-0.05, 0) is 18.8 Å². The van der Waals surface area contributed by atoms with Crippen LogP contribution in [0, 0.1) is 5.92 Å². The molecule has 0 aliphatic heterocycles. The van der Waals surface area contributed by atoms with Gasteiger partial charge in [0.05, 0.1) is 0 Å². The molecule has 0 aromatic rings. The summed E-state index contributed by atoms with van der Waals surface area (Å²) < 4.78 is 0. The van der Waals surface area contributed by atoms with Gasteiger partial charge in [0.1, 0.15) is 0 Å². The van der Waals surface area contributed by atoms with Crippen LogP contribution in [0.25, 0.3) is 0 Å². The van der Waals surface area contributed by atoms with E-state index in [2.05, 4.69) is 0 Å². The quantitative estimate of drug-likeness (QED) is 0.837. The molecule has 2 nitrogen and oxygen atoms in total. The third-order valence-corrected chi connectivity index (χ3v) is 2.73. The van der Waals surface area contributed by atoms with E-state index in [1.54, 1.807) is 0 Å². The Morgan fingerprint density at radius 3 is 2.38 bits per heavy atom. The molecule has 1 saturated carbocycles. The number of hydrogen-bond donors (Lipinski definition) is 1. The van der Waals surface area contributed by atoms with Gasteiger partial charge in [0, 0.05) is 6.42 Å². The summed E-state index contributed by atoms with van der Waals surface area (Å²) >= 11 is 0. The van der Waals surface area contributed by atoms with Crippen molar-refractivity contribution in [2.75, 3.05) is 0 Å². The van der Waals surface area contributed by atoms with Crippen molar-refractivity contribution in [2.24, 2.45) is 5.92 Å². The first-order valence-electron chi connectivity index (χ1n) is 5.01. The summed E-state index contributed by atoms with van der Waals surface area (Å²) in [7, 11) is 0. The van der Waals surface area contributed by atoms with Gasteiger partial charge in [-0.2, -0.15) is 0 Å². The molecule has 1 N–H and O–H groups in total. The van der Waals surface area contributed by atoms with E-state index in [0.717, 1.165) is 18.8 Å². The average molecular weight is 257 g/mol. The Hall–Kier alpha value is 1.28. The molecule has 1 aliphatic rings. The molecule has 0 bridgehead atoms. The molecule has 3 heteroatoms. The van der Waals surface area contributed by atoms with Crippen molar-refractivity contribution in [3.05, 3.63) is 0 Å². The SMILES string of the molecule is O=C(O)CCCC1CCCCC1.[RbH]. The number of hydrogen-bond acceptors (Lipinski definition) is 1. The second-order valence-electron chi connectivity index (χ2n) is 3.79. The summed E-state index contributed by atoms with van der Waals surface area (Å²) in [4.78, 5) is 10.2. The van der Waals surface area contributed by atoms with Crippen LogP contribution in [0.15, 0.2) is 0 Å². The first-order valence-corrected chi connectivity index (χ1v) is 5.01. The molecule has 0 amide bonds. The topological polar surface area (TPSA) is 37.3 Å². The Balaban J connectivity index is 0.00000144. The monoisotopic (exact) mass is 256 g/mol. The van der Waals surface area contributed by atoms with E-state index in [4.69, 9.17) is 5.11 Å². The number of carboxylic acids is 1. The van der Waals surface area contributed by atoms with Crippen LogP contribution < -0.4 is 0 Å². The molecule has 1 fully saturated rings. The van der Waals surface area contributed by atoms with Gasteiger partial charge in [-0.1, -0.05) is 32.1 Å². The van der Waals surface area contributed by atoms with Gasteiger partial charge in [-0.3, -0.25) is 4.79 Å². The maximum absolute atomic E-state index is 10.2. The van der Waals surface area contributed by atoms with E-state index in [9.17, 15) is 4.79 Å². The van der Waals surface area contributed by atoms with Crippen LogP contribution in [0.2, 0.25) is 0 Å². The summed E-state index contributed by atoms with van der Waals surface area (Å²) in [6, 6.07) is 0. The molecule has 0 radical (unpaired) electrons. The molecule has 1 rings (SSSR count). The third kappa shape index (κ3) is 7.23. The molecule has 0 aromatic heterocycles. The Labute approximate surface area is 129 Å². The van der Waals surface area contributed by atoms with Gasteiger partial charge in [0.2, 0.25) is 0 Å². The van der Waals surface area contributed by atoms with Gasteiger partial charge in [-0.15, -0.1) is 0 Å². The van der Waals surface area contributed by atoms with E-state index in [0.29, 0.717) is 6.42 Å². The summed E-state index contributed by atoms with van der Waals surface area (Å²) in [6.45, 7) is 0. The second-order valence-corrected chi connectivity index (χ2v) is 3.79. The van der Waals surface area contributed by atoms with Crippen molar-refractivity contribution in [3.63, 3.8) is 0 Å². The molecule has 0 unspecified atom stereocenters. The molecule has 0 aromatic carbocycles. The van der Waals surface area contributed by atoms with Gasteiger partial charge in [0.25, 0.3) is 0 Å². The van der Waals surface area contributed by atoms with Crippen LogP contribution in [0.1, 0.15) is 51.4 Å². The minimum absolute atomic E-state index is 0. The molecule has 1 aliphatic carbocycles. The van der Waals surface area contributed by atoms with Crippen LogP contribution in [0.4, 0.5) is 0 Å². The van der Waals surface area contributed by atoms with Crippen molar-refractivity contribution < 1.29 is 9.90 Å². The fourth-order valence-corrected chi connectivity index (χ4v) is 2.02. The van der Waals surface area contributed by atoms with Gasteiger partial charge < -0.3 is 5.11 Å². The molecule has 0 atom stereocenters. The second kappa shape index (κ2) is 8.57. The van der Waals surface area contributed by atoms with E-state index in [1.165, 1.54) is 32.1 Å². The van der Waals surface area contributed by atoms with Gasteiger partial charge in [-0.25, -0.2) is 0 Å². The Bertz CT molecular complexity index is 142. The molecule has 0 spiro atoms. The number of rotatable bonds is 4. The van der Waals surface area contributed by atoms with Crippen molar-refractivity contribution in [1.82, 2.24) is 0 Å². The molecular weight excluding hydrogens is 238 g/mol. The predicted molar refractivity (Wildman–Crippen MR) is 55.2 cm³/mol. The Morgan fingerprint density at radius 2 is 1.85 bits per heavy atom. The maximum atomic E-state index is 10.2. The van der Waals surface area contributed by atoms with Gasteiger partial charge >= 0.3 is 64.2 Å². The fraction of sp³-hybridized carbons (Fsp3) is 0.900. The molecule has 72 valence electrons. The van der Waals surface area contributed by atoms with Crippen LogP contribution >= 0.6 is 0 Å². The minimum atomic E-state index is -0.647. The number of carboxylic acid groups (broad SMARTS) is 1. The van der Waals surface area contributed by atoms with E-state index < -0.39 is 5.97 Å². The Morgan fingerprint density at radius 1 is 1.23 bits per heavy atom. The van der Waals surface area contributed by atoms with Crippen molar-refractivity contribution in [3.8, 4) is 0 Å². The molecule has 0 heterocycles. The van der Waals surface area contributed by atoms with Crippen LogP contribution in [-0.4, -0.2) is 69.3 Å². The predicted octanol–water partition coefficient (Wildman–Crippen LogP) is 2.17. The zero-order chi connectivity index (χ0) is 8.81. The van der Waals surface area contributed by atoms with Gasteiger partial charge in [0.15, 0.2) is 0 Å². The normalized spacial score (nSPS) is 17.8. The number of carbonyl (C=O) groups is 1. The van der Waals surface area contributed by atoms with Crippen LogP contribution in [-0.2, 0) is 4.79 Å². The average Bonchev–Trinajstić information content (AvgIpc) is 2.05. The van der Waals surface area contributed by atoms with E-state index in [1.807, 2.05) is 0 Å². The molecular formula is C10H19O2Rb. The zero-order valence-electron chi connectivity index (χ0n) is 7.59. The van der Waals surface area contributed by atoms with Crippen LogP contribution in [0.5, 0.6) is 0 Å². The standard InChI is InChI=1S/C10H18O2.Rb.H/c11-10(12)8-4-7-9-5-2-1-3-6-9;;/h9H,1-8H2,(H,11,12);;. The van der Waals surface area contributed by atoms with Crippen molar-refractivity contribution in [1.29, 1.82) is 0 Å². The first kappa shape index (κ1) is 14.3. The van der Waals surface area contributed by atoms with Crippen molar-refractivity contribution >= 4 is 64.2 Å². The Kier molecular flexibility index (Phi) is 9.41. The van der Waals surface area contributed by atoms with Crippen LogP contribution in [0.3, 0.4) is 0 Å².